The fraction of sp³-hybridized carbons (Fsp3) is 0.0833. The van der Waals surface area contributed by atoms with Crippen LogP contribution in [0.5, 0.6) is 0 Å². The van der Waals surface area contributed by atoms with Crippen LogP contribution < -0.4 is 10.7 Å². The predicted octanol–water partition coefficient (Wildman–Crippen LogP) is 4.05. The second kappa shape index (κ2) is 8.10. The Kier molecular flexibility index (Phi) is 5.20. The van der Waals surface area contributed by atoms with Crippen LogP contribution in [0.1, 0.15) is 17.2 Å². The van der Waals surface area contributed by atoms with Crippen LogP contribution in [0.3, 0.4) is 0 Å². The molecule has 1 aromatic heterocycles. The number of benzene rings is 3. The smallest absolute Gasteiger partial charge is 0.240 e. The van der Waals surface area contributed by atoms with E-state index in [4.69, 9.17) is 0 Å². The van der Waals surface area contributed by atoms with Crippen molar-refractivity contribution in [1.82, 2.24) is 9.88 Å². The second-order valence-corrected chi connectivity index (χ2v) is 6.79. The molecule has 0 aliphatic carbocycles. The average Bonchev–Trinajstić information content (AvgIpc) is 2.75. The molecule has 1 N–H and O–H groups in total. The zero-order chi connectivity index (χ0) is 20.2. The van der Waals surface area contributed by atoms with E-state index in [0.29, 0.717) is 5.52 Å². The molecule has 29 heavy (non-hydrogen) atoms. The number of hydrogen-bond acceptors (Lipinski definition) is 2. The number of nitrogens with one attached hydrogen (secondary N) is 1. The van der Waals surface area contributed by atoms with Crippen molar-refractivity contribution in [3.63, 3.8) is 0 Å². The van der Waals surface area contributed by atoms with Crippen molar-refractivity contribution in [2.45, 2.75) is 12.6 Å². The Bertz CT molecular complexity index is 1160. The molecule has 144 valence electrons. The molecule has 4 aromatic rings. The Morgan fingerprint density at radius 3 is 2.14 bits per heavy atom. The molecule has 5 heteroatoms. The largest absolute Gasteiger partial charge is 0.344 e. The van der Waals surface area contributed by atoms with E-state index in [9.17, 15) is 14.0 Å². The van der Waals surface area contributed by atoms with Crippen molar-refractivity contribution in [3.05, 3.63) is 118 Å². The van der Waals surface area contributed by atoms with Gasteiger partial charge in [-0.1, -0.05) is 60.7 Å². The topological polar surface area (TPSA) is 51.1 Å². The number of rotatable bonds is 5. The van der Waals surface area contributed by atoms with E-state index in [0.717, 1.165) is 11.1 Å². The zero-order valence-electron chi connectivity index (χ0n) is 15.6. The van der Waals surface area contributed by atoms with Crippen LogP contribution in [-0.2, 0) is 11.3 Å². The van der Waals surface area contributed by atoms with Gasteiger partial charge < -0.3 is 9.88 Å². The van der Waals surface area contributed by atoms with Gasteiger partial charge in [0.05, 0.1) is 11.6 Å². The van der Waals surface area contributed by atoms with Gasteiger partial charge in [0.2, 0.25) is 5.91 Å². The lowest BCUT2D eigenvalue weighted by Crippen LogP contribution is -2.32. The minimum absolute atomic E-state index is 0.0125. The molecule has 0 saturated heterocycles. The summed E-state index contributed by atoms with van der Waals surface area (Å²) in [7, 11) is 0. The van der Waals surface area contributed by atoms with E-state index in [1.165, 1.54) is 24.3 Å². The Balaban J connectivity index is 1.64. The minimum Gasteiger partial charge on any atom is -0.344 e. The van der Waals surface area contributed by atoms with Gasteiger partial charge in [-0.25, -0.2) is 4.39 Å². The van der Waals surface area contributed by atoms with Crippen molar-refractivity contribution in [2.75, 3.05) is 0 Å². The summed E-state index contributed by atoms with van der Waals surface area (Å²) in [6, 6.07) is 24.5. The van der Waals surface area contributed by atoms with Gasteiger partial charge >= 0.3 is 0 Å². The molecular formula is C24H19FN2O2. The molecule has 4 nitrogen and oxygen atoms in total. The highest BCUT2D eigenvalue weighted by molar-refractivity contribution is 5.82. The first-order valence-electron chi connectivity index (χ1n) is 9.30. The molecule has 0 unspecified atom stereocenters. The maximum Gasteiger partial charge on any atom is 0.240 e. The standard InChI is InChI=1S/C24H19FN2O2/c25-19-11-12-21-20(15-19)22(28)13-14-27(21)16-23(29)26-24(17-7-3-1-4-8-17)18-9-5-2-6-10-18/h1-15,24H,16H2,(H,26,29). The summed E-state index contributed by atoms with van der Waals surface area (Å²) in [6.07, 6.45) is 1.56. The fourth-order valence-corrected chi connectivity index (χ4v) is 3.43. The third kappa shape index (κ3) is 4.09. The molecule has 0 aliphatic heterocycles. The first kappa shape index (κ1) is 18.6. The number of fused-ring (bicyclic) bond motifs is 1. The van der Waals surface area contributed by atoms with Crippen molar-refractivity contribution >= 4 is 16.8 Å². The molecule has 0 fully saturated rings. The van der Waals surface area contributed by atoms with Crippen LogP contribution in [0.2, 0.25) is 0 Å². The zero-order valence-corrected chi connectivity index (χ0v) is 15.6. The number of aromatic nitrogens is 1. The normalized spacial score (nSPS) is 11.0. The number of carbonyl (C=O) groups excluding carboxylic acids is 1. The lowest BCUT2D eigenvalue weighted by molar-refractivity contribution is -0.122. The van der Waals surface area contributed by atoms with Crippen LogP contribution in [0.4, 0.5) is 4.39 Å². The monoisotopic (exact) mass is 386 g/mol. The van der Waals surface area contributed by atoms with Crippen LogP contribution >= 0.6 is 0 Å². The second-order valence-electron chi connectivity index (χ2n) is 6.79. The average molecular weight is 386 g/mol. The molecule has 1 amide bonds. The van der Waals surface area contributed by atoms with Gasteiger partial charge in [0.15, 0.2) is 5.43 Å². The molecule has 4 rings (SSSR count). The van der Waals surface area contributed by atoms with Crippen molar-refractivity contribution in [2.24, 2.45) is 0 Å². The van der Waals surface area contributed by atoms with Gasteiger partial charge in [0, 0.05) is 17.6 Å². The first-order valence-corrected chi connectivity index (χ1v) is 9.30. The van der Waals surface area contributed by atoms with Gasteiger partial charge in [-0.05, 0) is 29.3 Å². The molecule has 0 atom stereocenters. The Morgan fingerprint density at radius 1 is 0.897 bits per heavy atom. The number of carbonyl (C=O) groups is 1. The summed E-state index contributed by atoms with van der Waals surface area (Å²) < 4.78 is 15.2. The van der Waals surface area contributed by atoms with Crippen molar-refractivity contribution in [1.29, 1.82) is 0 Å². The molecule has 0 spiro atoms. The Labute approximate surface area is 167 Å². The molecule has 1 heterocycles. The summed E-state index contributed by atoms with van der Waals surface area (Å²) in [4.78, 5) is 24.9. The SMILES string of the molecule is O=C(Cn1ccc(=O)c2cc(F)ccc21)NC(c1ccccc1)c1ccccc1. The number of pyridine rings is 1. The number of nitrogens with zero attached hydrogens (tertiary/aromatic N) is 1. The molecule has 3 aromatic carbocycles. The molecule has 0 radical (unpaired) electrons. The summed E-state index contributed by atoms with van der Waals surface area (Å²) in [5, 5.41) is 3.33. The third-order valence-electron chi connectivity index (χ3n) is 4.82. The van der Waals surface area contributed by atoms with Gasteiger partial charge in [-0.3, -0.25) is 9.59 Å². The van der Waals surface area contributed by atoms with E-state index < -0.39 is 5.82 Å². The molecular weight excluding hydrogens is 367 g/mol. The van der Waals surface area contributed by atoms with E-state index in [-0.39, 0.29) is 29.3 Å². The summed E-state index contributed by atoms with van der Waals surface area (Å²) in [5.74, 6) is -0.693. The molecule has 0 saturated carbocycles. The van der Waals surface area contributed by atoms with E-state index >= 15 is 0 Å². The quantitative estimate of drug-likeness (QED) is 0.563. The van der Waals surface area contributed by atoms with E-state index in [2.05, 4.69) is 5.32 Å². The highest BCUT2D eigenvalue weighted by Gasteiger charge is 2.17. The van der Waals surface area contributed by atoms with Crippen molar-refractivity contribution < 1.29 is 9.18 Å². The highest BCUT2D eigenvalue weighted by atomic mass is 19.1. The maximum atomic E-state index is 13.5. The molecule has 0 bridgehead atoms. The van der Waals surface area contributed by atoms with Gasteiger partial charge in [-0.15, -0.1) is 0 Å². The van der Waals surface area contributed by atoms with E-state index in [1.807, 2.05) is 60.7 Å². The van der Waals surface area contributed by atoms with Crippen LogP contribution in [0.15, 0.2) is 95.9 Å². The van der Waals surface area contributed by atoms with Crippen LogP contribution in [0, 0.1) is 5.82 Å². The summed E-state index contributed by atoms with van der Waals surface area (Å²) in [6.45, 7) is 0.0125. The first-order chi connectivity index (χ1) is 14.1. The summed E-state index contributed by atoms with van der Waals surface area (Å²) in [5.41, 5.74) is 2.19. The third-order valence-corrected chi connectivity index (χ3v) is 4.82. The minimum atomic E-state index is -0.481. The molecule has 0 aliphatic rings. The predicted molar refractivity (Wildman–Crippen MR) is 111 cm³/mol. The van der Waals surface area contributed by atoms with Crippen LogP contribution in [0.25, 0.3) is 10.9 Å². The van der Waals surface area contributed by atoms with Crippen molar-refractivity contribution in [3.8, 4) is 0 Å². The lowest BCUT2D eigenvalue weighted by atomic mass is 9.99. The van der Waals surface area contributed by atoms with E-state index in [1.54, 1.807) is 10.8 Å². The maximum absolute atomic E-state index is 13.5. The summed E-state index contributed by atoms with van der Waals surface area (Å²) >= 11 is 0. The fourth-order valence-electron chi connectivity index (χ4n) is 3.43. The highest BCUT2D eigenvalue weighted by Crippen LogP contribution is 2.22. The van der Waals surface area contributed by atoms with Gasteiger partial charge in [-0.2, -0.15) is 0 Å². The number of hydrogen-bond donors (Lipinski definition) is 1. The number of amides is 1. The van der Waals surface area contributed by atoms with Gasteiger partial charge in [0.1, 0.15) is 12.4 Å². The Morgan fingerprint density at radius 2 is 1.52 bits per heavy atom. The Hall–Kier alpha value is -3.73. The van der Waals surface area contributed by atoms with Crippen LogP contribution in [-0.4, -0.2) is 10.5 Å². The lowest BCUT2D eigenvalue weighted by Gasteiger charge is -2.20. The van der Waals surface area contributed by atoms with Gasteiger partial charge in [0.25, 0.3) is 0 Å². The number of halogens is 1.